The molecule has 122 valence electrons. The van der Waals surface area contributed by atoms with E-state index in [4.69, 9.17) is 11.6 Å². The van der Waals surface area contributed by atoms with Gasteiger partial charge in [0.2, 0.25) is 11.0 Å². The van der Waals surface area contributed by atoms with Crippen LogP contribution in [0.1, 0.15) is 11.6 Å². The van der Waals surface area contributed by atoms with Gasteiger partial charge in [-0.05, 0) is 11.6 Å². The number of alkyl halides is 1. The number of rotatable bonds is 2. The molecule has 0 aliphatic carbocycles. The second kappa shape index (κ2) is 5.47. The third-order valence-corrected chi connectivity index (χ3v) is 5.75. The molecule has 2 aromatic rings. The zero-order valence-electron chi connectivity index (χ0n) is 12.8. The number of fused-ring (bicyclic) bond motifs is 3. The van der Waals surface area contributed by atoms with Crippen molar-refractivity contribution < 1.29 is 4.79 Å². The zero-order chi connectivity index (χ0) is 17.0. The minimum atomic E-state index is -0.584. The van der Waals surface area contributed by atoms with Crippen molar-refractivity contribution in [3.8, 4) is 10.7 Å². The molecule has 3 heterocycles. The van der Waals surface area contributed by atoms with E-state index in [0.29, 0.717) is 5.13 Å². The van der Waals surface area contributed by atoms with E-state index in [1.54, 1.807) is 4.90 Å². The van der Waals surface area contributed by atoms with Gasteiger partial charge in [0, 0.05) is 5.39 Å². The van der Waals surface area contributed by atoms with Crippen LogP contribution in [0.5, 0.6) is 0 Å². The summed E-state index contributed by atoms with van der Waals surface area (Å²) in [4.78, 5) is 18.6. The summed E-state index contributed by atoms with van der Waals surface area (Å²) in [5.74, 6) is -0.156. The van der Waals surface area contributed by atoms with E-state index in [9.17, 15) is 4.79 Å². The molecule has 2 atom stereocenters. The molecule has 2 unspecified atom stereocenters. The minimum Gasteiger partial charge on any atom is -0.276 e. The summed E-state index contributed by atoms with van der Waals surface area (Å²) in [7, 11) is 0. The quantitative estimate of drug-likeness (QED) is 0.399. The van der Waals surface area contributed by atoms with Crippen LogP contribution >= 0.6 is 22.9 Å². The molecule has 1 amide bonds. The van der Waals surface area contributed by atoms with E-state index in [0.717, 1.165) is 27.2 Å². The second-order valence-electron chi connectivity index (χ2n) is 5.83. The molecule has 0 saturated carbocycles. The van der Waals surface area contributed by atoms with E-state index in [1.165, 1.54) is 11.3 Å². The van der Waals surface area contributed by atoms with Gasteiger partial charge in [-0.25, -0.2) is 4.98 Å². The first kappa shape index (κ1) is 14.7. The third-order valence-electron chi connectivity index (χ3n) is 4.38. The molecule has 7 heteroatoms. The molecule has 0 spiro atoms. The Morgan fingerprint density at radius 1 is 1.00 bits per heavy atom. The van der Waals surface area contributed by atoms with Crippen LogP contribution in [-0.2, 0) is 4.79 Å². The van der Waals surface area contributed by atoms with Gasteiger partial charge in [0.25, 0.3) is 0 Å². The number of aromatic nitrogens is 3. The SMILES string of the molecule is O=C1C(Cl)C(c2ccccc2)N1c1nnc2c3ccccc3nc-2s1. The normalized spacial score (nSPS) is 20.2. The summed E-state index contributed by atoms with van der Waals surface area (Å²) >= 11 is 7.64. The summed E-state index contributed by atoms with van der Waals surface area (Å²) in [6, 6.07) is 17.3. The number of β-lactam (4-membered cyclic amide) rings is 1. The number of nitrogens with zero attached hydrogens (tertiary/aromatic N) is 4. The van der Waals surface area contributed by atoms with Crippen molar-refractivity contribution in [2.75, 3.05) is 4.90 Å². The summed E-state index contributed by atoms with van der Waals surface area (Å²) in [5, 5.41) is 10.3. The smallest absolute Gasteiger partial charge is 0.250 e. The molecule has 25 heavy (non-hydrogen) atoms. The lowest BCUT2D eigenvalue weighted by molar-refractivity contribution is -0.123. The Morgan fingerprint density at radius 2 is 1.76 bits per heavy atom. The first-order valence-corrected chi connectivity index (χ1v) is 9.03. The molecule has 5 nitrogen and oxygen atoms in total. The molecule has 2 aromatic carbocycles. The third kappa shape index (κ3) is 2.14. The lowest BCUT2D eigenvalue weighted by Crippen LogP contribution is -2.56. The highest BCUT2D eigenvalue weighted by Crippen LogP contribution is 2.44. The summed E-state index contributed by atoms with van der Waals surface area (Å²) < 4.78 is 0. The van der Waals surface area contributed by atoms with Crippen LogP contribution in [0.4, 0.5) is 5.13 Å². The zero-order valence-corrected chi connectivity index (χ0v) is 14.4. The van der Waals surface area contributed by atoms with Gasteiger partial charge in [-0.1, -0.05) is 59.9 Å². The summed E-state index contributed by atoms with van der Waals surface area (Å²) in [6.45, 7) is 0. The molecule has 0 N–H and O–H groups in total. The predicted octanol–water partition coefficient (Wildman–Crippen LogP) is 3.89. The average molecular weight is 367 g/mol. The number of halogens is 1. The fraction of sp³-hybridized carbons (Fsp3) is 0.111. The highest BCUT2D eigenvalue weighted by molar-refractivity contribution is 7.18. The maximum Gasteiger partial charge on any atom is 0.250 e. The molecule has 1 saturated heterocycles. The maximum absolute atomic E-state index is 12.4. The average Bonchev–Trinajstić information content (AvgIpc) is 3.03. The van der Waals surface area contributed by atoms with Crippen molar-refractivity contribution in [1.82, 2.24) is 15.2 Å². The van der Waals surface area contributed by atoms with Crippen molar-refractivity contribution in [2.45, 2.75) is 11.4 Å². The monoisotopic (exact) mass is 366 g/mol. The van der Waals surface area contributed by atoms with Crippen LogP contribution < -0.4 is 4.90 Å². The van der Waals surface area contributed by atoms with E-state index < -0.39 is 5.38 Å². The highest BCUT2D eigenvalue weighted by Gasteiger charge is 2.49. The van der Waals surface area contributed by atoms with Gasteiger partial charge in [0.05, 0.1) is 11.6 Å². The van der Waals surface area contributed by atoms with Gasteiger partial charge in [-0.15, -0.1) is 21.8 Å². The first-order chi connectivity index (χ1) is 12.2. The van der Waals surface area contributed by atoms with Gasteiger partial charge < -0.3 is 0 Å². The molecule has 5 rings (SSSR count). The van der Waals surface area contributed by atoms with Crippen molar-refractivity contribution in [1.29, 1.82) is 0 Å². The Balaban J connectivity index is 1.61. The molecule has 0 bridgehead atoms. The number of para-hydroxylation sites is 1. The Hall–Kier alpha value is -2.57. The molecule has 0 radical (unpaired) electrons. The fourth-order valence-corrected chi connectivity index (χ4v) is 4.46. The van der Waals surface area contributed by atoms with Gasteiger partial charge >= 0.3 is 0 Å². The first-order valence-electron chi connectivity index (χ1n) is 7.78. The summed E-state index contributed by atoms with van der Waals surface area (Å²) in [6.07, 6.45) is 0. The van der Waals surface area contributed by atoms with Gasteiger partial charge in [-0.3, -0.25) is 9.69 Å². The topological polar surface area (TPSA) is 59.0 Å². The molecular formula is C18H11ClN4OS. The number of carbonyl (C=O) groups excluding carboxylic acids is 1. The Bertz CT molecular complexity index is 1070. The van der Waals surface area contributed by atoms with Crippen molar-refractivity contribution >= 4 is 44.9 Å². The highest BCUT2D eigenvalue weighted by atomic mass is 35.5. The van der Waals surface area contributed by atoms with E-state index >= 15 is 0 Å². The number of anilines is 1. The van der Waals surface area contributed by atoms with Gasteiger partial charge in [0.15, 0.2) is 0 Å². The van der Waals surface area contributed by atoms with Gasteiger partial charge in [0.1, 0.15) is 16.1 Å². The number of benzene rings is 2. The molecule has 1 fully saturated rings. The number of hydrogen-bond donors (Lipinski definition) is 0. The number of carbonyl (C=O) groups is 1. The van der Waals surface area contributed by atoms with Crippen LogP contribution in [0.3, 0.4) is 0 Å². The van der Waals surface area contributed by atoms with E-state index in [-0.39, 0.29) is 11.9 Å². The number of amides is 1. The molecule has 3 aliphatic rings. The van der Waals surface area contributed by atoms with Crippen molar-refractivity contribution in [3.05, 3.63) is 60.2 Å². The standard InChI is InChI=1S/C18H11ClN4OS/c19-13-15(10-6-2-1-3-7-10)23(17(13)24)18-22-21-14-11-8-4-5-9-12(11)20-16(14)25-18/h1-9,13,15H. The van der Waals surface area contributed by atoms with E-state index in [2.05, 4.69) is 15.2 Å². The largest absolute Gasteiger partial charge is 0.276 e. The van der Waals surface area contributed by atoms with Crippen molar-refractivity contribution in [3.63, 3.8) is 0 Å². The lowest BCUT2D eigenvalue weighted by atomic mass is 9.94. The molecule has 3 aliphatic heterocycles. The van der Waals surface area contributed by atoms with Crippen LogP contribution in [0.2, 0.25) is 0 Å². The predicted molar refractivity (Wildman–Crippen MR) is 98.1 cm³/mol. The van der Waals surface area contributed by atoms with Crippen LogP contribution in [0.15, 0.2) is 54.6 Å². The Labute approximate surface area is 152 Å². The second-order valence-corrected chi connectivity index (χ2v) is 7.26. The maximum atomic E-state index is 12.4. The minimum absolute atomic E-state index is 0.156. The van der Waals surface area contributed by atoms with Crippen LogP contribution in [0.25, 0.3) is 21.6 Å². The molecule has 0 aromatic heterocycles. The van der Waals surface area contributed by atoms with Crippen molar-refractivity contribution in [2.24, 2.45) is 0 Å². The van der Waals surface area contributed by atoms with Gasteiger partial charge in [-0.2, -0.15) is 0 Å². The lowest BCUT2D eigenvalue weighted by Gasteiger charge is -2.42. The Kier molecular flexibility index (Phi) is 3.23. The van der Waals surface area contributed by atoms with E-state index in [1.807, 2.05) is 54.6 Å². The fourth-order valence-electron chi connectivity index (χ4n) is 3.15. The van der Waals surface area contributed by atoms with Crippen LogP contribution in [-0.4, -0.2) is 26.5 Å². The molecular weight excluding hydrogens is 356 g/mol. The number of hydrogen-bond acceptors (Lipinski definition) is 5. The Morgan fingerprint density at radius 3 is 2.60 bits per heavy atom. The van der Waals surface area contributed by atoms with Crippen LogP contribution in [0, 0.1) is 0 Å². The summed E-state index contributed by atoms with van der Waals surface area (Å²) in [5.41, 5.74) is 2.62.